The number of thiazole rings is 1. The van der Waals surface area contributed by atoms with Crippen molar-refractivity contribution < 1.29 is 18.7 Å². The van der Waals surface area contributed by atoms with Crippen LogP contribution < -0.4 is 14.8 Å². The second-order valence-corrected chi connectivity index (χ2v) is 7.47. The molecule has 0 radical (unpaired) electrons. The van der Waals surface area contributed by atoms with Gasteiger partial charge in [-0.2, -0.15) is 0 Å². The summed E-state index contributed by atoms with van der Waals surface area (Å²) in [5, 5.41) is 6.06. The van der Waals surface area contributed by atoms with E-state index in [1.165, 1.54) is 11.3 Å². The minimum atomic E-state index is -0.338. The third-order valence-corrected chi connectivity index (χ3v) is 5.46. The van der Waals surface area contributed by atoms with Crippen LogP contribution in [0.4, 0.5) is 5.13 Å². The number of nitrogens with zero attached hydrogens (tertiary/aromatic N) is 1. The molecule has 4 aromatic rings. The van der Waals surface area contributed by atoms with Crippen molar-refractivity contribution in [1.29, 1.82) is 0 Å². The minimum Gasteiger partial charge on any atom is -0.497 e. The normalized spacial score (nSPS) is 10.9. The molecule has 0 aliphatic carbocycles. The molecule has 29 heavy (non-hydrogen) atoms. The van der Waals surface area contributed by atoms with Crippen LogP contribution in [0.5, 0.6) is 11.5 Å². The Morgan fingerprint density at radius 1 is 1.10 bits per heavy atom. The van der Waals surface area contributed by atoms with Gasteiger partial charge in [-0.25, -0.2) is 4.98 Å². The van der Waals surface area contributed by atoms with E-state index in [1.54, 1.807) is 26.4 Å². The SMILES string of the molecule is COc1ccc2oc(C(=O)Nc3nc(-c4cc(C)ccc4OC)cs3)c(C)c2c1. The number of fused-ring (bicyclic) bond motifs is 1. The molecule has 4 rings (SSSR count). The van der Waals surface area contributed by atoms with Crippen LogP contribution in [0.1, 0.15) is 21.7 Å². The molecule has 0 saturated heterocycles. The Hall–Kier alpha value is -3.32. The lowest BCUT2D eigenvalue weighted by atomic mass is 10.1. The second kappa shape index (κ2) is 7.60. The Kier molecular flexibility index (Phi) is 4.98. The van der Waals surface area contributed by atoms with Crippen LogP contribution in [0.25, 0.3) is 22.2 Å². The van der Waals surface area contributed by atoms with Gasteiger partial charge in [0.15, 0.2) is 10.9 Å². The number of anilines is 1. The highest BCUT2D eigenvalue weighted by Crippen LogP contribution is 2.34. The molecule has 0 unspecified atom stereocenters. The Morgan fingerprint density at radius 2 is 1.93 bits per heavy atom. The summed E-state index contributed by atoms with van der Waals surface area (Å²) in [6, 6.07) is 11.4. The van der Waals surface area contributed by atoms with E-state index < -0.39 is 0 Å². The number of rotatable bonds is 5. The predicted octanol–water partition coefficient (Wildman–Crippen LogP) is 5.44. The third kappa shape index (κ3) is 3.56. The van der Waals surface area contributed by atoms with E-state index in [9.17, 15) is 4.79 Å². The highest BCUT2D eigenvalue weighted by atomic mass is 32.1. The zero-order chi connectivity index (χ0) is 20.5. The summed E-state index contributed by atoms with van der Waals surface area (Å²) in [4.78, 5) is 17.3. The maximum Gasteiger partial charge on any atom is 0.293 e. The molecule has 0 aliphatic rings. The largest absolute Gasteiger partial charge is 0.497 e. The number of aromatic nitrogens is 1. The second-order valence-electron chi connectivity index (χ2n) is 6.61. The van der Waals surface area contributed by atoms with Crippen molar-refractivity contribution in [2.24, 2.45) is 0 Å². The number of methoxy groups -OCH3 is 2. The lowest BCUT2D eigenvalue weighted by Crippen LogP contribution is -2.11. The first-order valence-electron chi connectivity index (χ1n) is 8.99. The van der Waals surface area contributed by atoms with Crippen LogP contribution in [-0.4, -0.2) is 25.1 Å². The molecule has 2 aromatic heterocycles. The number of nitrogens with one attached hydrogen (secondary N) is 1. The van der Waals surface area contributed by atoms with E-state index in [0.717, 1.165) is 33.5 Å². The fourth-order valence-electron chi connectivity index (χ4n) is 3.17. The molecule has 1 amide bonds. The fourth-order valence-corrected chi connectivity index (χ4v) is 3.88. The number of hydrogen-bond donors (Lipinski definition) is 1. The summed E-state index contributed by atoms with van der Waals surface area (Å²) in [6.07, 6.45) is 0. The predicted molar refractivity (Wildman–Crippen MR) is 114 cm³/mol. The molecular formula is C22H20N2O4S. The Morgan fingerprint density at radius 3 is 2.69 bits per heavy atom. The summed E-state index contributed by atoms with van der Waals surface area (Å²) in [7, 11) is 3.23. The van der Waals surface area contributed by atoms with Crippen molar-refractivity contribution in [2.45, 2.75) is 13.8 Å². The van der Waals surface area contributed by atoms with Gasteiger partial charge in [0.05, 0.1) is 19.9 Å². The van der Waals surface area contributed by atoms with Crippen molar-refractivity contribution in [3.8, 4) is 22.8 Å². The topological polar surface area (TPSA) is 73.6 Å². The summed E-state index contributed by atoms with van der Waals surface area (Å²) in [5.74, 6) is 1.37. The van der Waals surface area contributed by atoms with Gasteiger partial charge in [-0.05, 0) is 44.2 Å². The van der Waals surface area contributed by atoms with Gasteiger partial charge in [0.1, 0.15) is 17.1 Å². The van der Waals surface area contributed by atoms with E-state index in [1.807, 2.05) is 43.5 Å². The Balaban J connectivity index is 1.61. The molecule has 0 fully saturated rings. The van der Waals surface area contributed by atoms with E-state index in [0.29, 0.717) is 16.5 Å². The molecule has 0 atom stereocenters. The Labute approximate surface area is 172 Å². The first-order chi connectivity index (χ1) is 14.0. The van der Waals surface area contributed by atoms with Gasteiger partial charge in [-0.3, -0.25) is 10.1 Å². The zero-order valence-corrected chi connectivity index (χ0v) is 17.3. The van der Waals surface area contributed by atoms with E-state index >= 15 is 0 Å². The van der Waals surface area contributed by atoms with Crippen LogP contribution in [0.3, 0.4) is 0 Å². The number of benzene rings is 2. The highest BCUT2D eigenvalue weighted by Gasteiger charge is 2.20. The van der Waals surface area contributed by atoms with Gasteiger partial charge in [0, 0.05) is 21.9 Å². The summed E-state index contributed by atoms with van der Waals surface area (Å²) in [5.41, 5.74) is 4.13. The fraction of sp³-hybridized carbons (Fsp3) is 0.182. The van der Waals surface area contributed by atoms with Crippen LogP contribution in [-0.2, 0) is 0 Å². The molecule has 2 aromatic carbocycles. The van der Waals surface area contributed by atoms with Gasteiger partial charge in [0.25, 0.3) is 5.91 Å². The molecule has 0 spiro atoms. The lowest BCUT2D eigenvalue weighted by molar-refractivity contribution is 0.0998. The molecule has 0 aliphatic heterocycles. The molecular weight excluding hydrogens is 388 g/mol. The van der Waals surface area contributed by atoms with Gasteiger partial charge in [0.2, 0.25) is 0 Å². The highest BCUT2D eigenvalue weighted by molar-refractivity contribution is 7.14. The first kappa shape index (κ1) is 19.0. The van der Waals surface area contributed by atoms with E-state index in [4.69, 9.17) is 13.9 Å². The number of carbonyl (C=O) groups is 1. The molecule has 1 N–H and O–H groups in total. The van der Waals surface area contributed by atoms with Crippen LogP contribution in [0.15, 0.2) is 46.2 Å². The number of carbonyl (C=O) groups excluding carboxylic acids is 1. The smallest absolute Gasteiger partial charge is 0.293 e. The number of hydrogen-bond acceptors (Lipinski definition) is 6. The van der Waals surface area contributed by atoms with Crippen LogP contribution >= 0.6 is 11.3 Å². The maximum atomic E-state index is 12.8. The average Bonchev–Trinajstić information content (AvgIpc) is 3.32. The van der Waals surface area contributed by atoms with Crippen molar-refractivity contribution in [3.05, 3.63) is 58.7 Å². The molecule has 2 heterocycles. The molecule has 6 nitrogen and oxygen atoms in total. The maximum absolute atomic E-state index is 12.8. The quantitative estimate of drug-likeness (QED) is 0.476. The summed E-state index contributed by atoms with van der Waals surface area (Å²) < 4.78 is 16.5. The number of furan rings is 1. The van der Waals surface area contributed by atoms with Gasteiger partial charge >= 0.3 is 0 Å². The summed E-state index contributed by atoms with van der Waals surface area (Å²) >= 11 is 1.35. The van der Waals surface area contributed by atoms with Crippen LogP contribution in [0, 0.1) is 13.8 Å². The minimum absolute atomic E-state index is 0.262. The van der Waals surface area contributed by atoms with E-state index in [-0.39, 0.29) is 11.7 Å². The molecule has 148 valence electrons. The van der Waals surface area contributed by atoms with Crippen molar-refractivity contribution >= 4 is 33.3 Å². The van der Waals surface area contributed by atoms with Gasteiger partial charge in [-0.1, -0.05) is 11.6 Å². The average molecular weight is 408 g/mol. The molecule has 7 heteroatoms. The van der Waals surface area contributed by atoms with E-state index in [2.05, 4.69) is 10.3 Å². The van der Waals surface area contributed by atoms with Crippen molar-refractivity contribution in [2.75, 3.05) is 19.5 Å². The Bertz CT molecular complexity index is 1210. The number of amides is 1. The van der Waals surface area contributed by atoms with Crippen LogP contribution in [0.2, 0.25) is 0 Å². The first-order valence-corrected chi connectivity index (χ1v) is 9.87. The zero-order valence-electron chi connectivity index (χ0n) is 16.5. The molecule has 0 bridgehead atoms. The lowest BCUT2D eigenvalue weighted by Gasteiger charge is -2.07. The monoisotopic (exact) mass is 408 g/mol. The van der Waals surface area contributed by atoms with Crippen molar-refractivity contribution in [3.63, 3.8) is 0 Å². The standard InChI is InChI=1S/C22H20N2O4S/c1-12-5-7-18(27-4)16(9-12)17-11-29-22(23-17)24-21(25)20-13(2)15-10-14(26-3)6-8-19(15)28-20/h5-11H,1-4H3,(H,23,24,25). The third-order valence-electron chi connectivity index (χ3n) is 4.71. The summed E-state index contributed by atoms with van der Waals surface area (Å²) in [6.45, 7) is 3.86. The number of aryl methyl sites for hydroxylation is 2. The number of ether oxygens (including phenoxy) is 2. The van der Waals surface area contributed by atoms with Gasteiger partial charge in [-0.15, -0.1) is 11.3 Å². The van der Waals surface area contributed by atoms with Crippen molar-refractivity contribution in [1.82, 2.24) is 4.98 Å². The van der Waals surface area contributed by atoms with Gasteiger partial charge < -0.3 is 13.9 Å². The molecule has 0 saturated carbocycles.